The highest BCUT2D eigenvalue weighted by atomic mass is 16.6. The molecule has 2 amide bonds. The molecule has 172 valence electrons. The molecule has 1 aliphatic rings. The van der Waals surface area contributed by atoms with Crippen molar-refractivity contribution in [3.8, 4) is 5.75 Å². The second kappa shape index (κ2) is 10.0. The van der Waals surface area contributed by atoms with Gasteiger partial charge in [0.15, 0.2) is 0 Å². The molecule has 31 heavy (non-hydrogen) atoms. The predicted molar refractivity (Wildman–Crippen MR) is 116 cm³/mol. The van der Waals surface area contributed by atoms with E-state index in [1.807, 2.05) is 6.92 Å². The van der Waals surface area contributed by atoms with Crippen molar-refractivity contribution in [1.82, 2.24) is 10.6 Å². The van der Waals surface area contributed by atoms with Crippen LogP contribution in [0.25, 0.3) is 0 Å². The van der Waals surface area contributed by atoms with Crippen LogP contribution in [0.2, 0.25) is 0 Å². The summed E-state index contributed by atoms with van der Waals surface area (Å²) in [6.07, 6.45) is 2.04. The third kappa shape index (κ3) is 6.87. The van der Waals surface area contributed by atoms with Crippen LogP contribution in [0.4, 0.5) is 4.79 Å². The van der Waals surface area contributed by atoms with E-state index in [-0.39, 0.29) is 18.8 Å². The Bertz CT molecular complexity index is 809. The molecule has 2 rings (SSSR count). The van der Waals surface area contributed by atoms with E-state index < -0.39 is 35.2 Å². The summed E-state index contributed by atoms with van der Waals surface area (Å²) in [6, 6.07) is 3.93. The van der Waals surface area contributed by atoms with Crippen LogP contribution < -0.4 is 10.6 Å². The van der Waals surface area contributed by atoms with Gasteiger partial charge in [0.2, 0.25) is 5.91 Å². The van der Waals surface area contributed by atoms with Crippen LogP contribution >= 0.6 is 0 Å². The van der Waals surface area contributed by atoms with Crippen molar-refractivity contribution in [3.63, 3.8) is 0 Å². The van der Waals surface area contributed by atoms with E-state index in [9.17, 15) is 19.5 Å². The lowest BCUT2D eigenvalue weighted by molar-refractivity contribution is -0.148. The fourth-order valence-electron chi connectivity index (χ4n) is 3.75. The van der Waals surface area contributed by atoms with Crippen LogP contribution in [-0.2, 0) is 25.5 Å². The van der Waals surface area contributed by atoms with Crippen molar-refractivity contribution >= 4 is 18.0 Å². The average molecular weight is 435 g/mol. The number of carbonyl (C=O) groups excluding carboxylic acids is 3. The van der Waals surface area contributed by atoms with Gasteiger partial charge >= 0.3 is 12.1 Å². The maximum atomic E-state index is 13.3. The Balaban J connectivity index is 2.21. The molecule has 3 N–H and O–H groups in total. The van der Waals surface area contributed by atoms with Gasteiger partial charge in [-0.25, -0.2) is 9.59 Å². The molecule has 1 aromatic rings. The first-order valence-corrected chi connectivity index (χ1v) is 10.7. The summed E-state index contributed by atoms with van der Waals surface area (Å²) in [4.78, 5) is 38.3. The number of hydrogen-bond donors (Lipinski definition) is 3. The SMILES string of the molecule is CCOC(=O)[C@H](Cc1ccc(O)cc1C)NC(=O)C1(NC(=O)OC(C)(C)C)CCCC1. The average Bonchev–Trinajstić information content (AvgIpc) is 3.11. The highest BCUT2D eigenvalue weighted by Gasteiger charge is 2.44. The van der Waals surface area contributed by atoms with Gasteiger partial charge in [-0.3, -0.25) is 4.79 Å². The Morgan fingerprint density at radius 2 is 1.84 bits per heavy atom. The minimum atomic E-state index is -1.13. The normalized spacial score (nSPS) is 16.3. The zero-order valence-corrected chi connectivity index (χ0v) is 19.0. The van der Waals surface area contributed by atoms with Gasteiger partial charge < -0.3 is 25.2 Å². The standard InChI is InChI=1S/C23H34N2O6/c1-6-30-19(27)18(14-16-9-10-17(26)13-15(16)2)24-20(28)23(11-7-8-12-23)25-21(29)31-22(3,4)5/h9-10,13,18,26H,6-8,11-12,14H2,1-5H3,(H,24,28)(H,25,29)/t18-/m0/s1. The minimum absolute atomic E-state index is 0.129. The lowest BCUT2D eigenvalue weighted by Crippen LogP contribution is -2.60. The molecule has 8 heteroatoms. The molecule has 1 saturated carbocycles. The summed E-state index contributed by atoms with van der Waals surface area (Å²) in [6.45, 7) is 8.97. The van der Waals surface area contributed by atoms with Gasteiger partial charge in [-0.05, 0) is 70.7 Å². The van der Waals surface area contributed by atoms with Crippen molar-refractivity contribution in [2.45, 2.75) is 83.9 Å². The molecule has 8 nitrogen and oxygen atoms in total. The minimum Gasteiger partial charge on any atom is -0.508 e. The molecule has 1 atom stereocenters. The van der Waals surface area contributed by atoms with Crippen LogP contribution in [0.15, 0.2) is 18.2 Å². The number of rotatable bonds is 7. The molecular weight excluding hydrogens is 400 g/mol. The van der Waals surface area contributed by atoms with Gasteiger partial charge in [0.1, 0.15) is 22.9 Å². The molecular formula is C23H34N2O6. The monoisotopic (exact) mass is 434 g/mol. The first-order valence-electron chi connectivity index (χ1n) is 10.7. The number of aryl methyl sites for hydroxylation is 1. The number of benzene rings is 1. The largest absolute Gasteiger partial charge is 0.508 e. The van der Waals surface area contributed by atoms with Crippen molar-refractivity contribution in [2.24, 2.45) is 0 Å². The number of carbonyl (C=O) groups is 3. The van der Waals surface area contributed by atoms with Gasteiger partial charge in [0.05, 0.1) is 6.61 Å². The Morgan fingerprint density at radius 3 is 2.39 bits per heavy atom. The number of amides is 2. The number of aromatic hydroxyl groups is 1. The Labute approximate surface area is 183 Å². The number of phenols is 1. The maximum absolute atomic E-state index is 13.3. The summed E-state index contributed by atoms with van der Waals surface area (Å²) < 4.78 is 10.5. The zero-order valence-electron chi connectivity index (χ0n) is 19.0. The smallest absolute Gasteiger partial charge is 0.408 e. The number of hydrogen-bond acceptors (Lipinski definition) is 6. The van der Waals surface area contributed by atoms with E-state index in [1.165, 1.54) is 6.07 Å². The molecule has 0 heterocycles. The van der Waals surface area contributed by atoms with E-state index >= 15 is 0 Å². The number of nitrogens with one attached hydrogen (secondary N) is 2. The quantitative estimate of drug-likeness (QED) is 0.568. The first kappa shape index (κ1) is 24.5. The Kier molecular flexibility index (Phi) is 7.92. The molecule has 0 radical (unpaired) electrons. The van der Waals surface area contributed by atoms with Gasteiger partial charge in [0, 0.05) is 6.42 Å². The van der Waals surface area contributed by atoms with Gasteiger partial charge in [-0.2, -0.15) is 0 Å². The molecule has 0 aromatic heterocycles. The van der Waals surface area contributed by atoms with Gasteiger partial charge in [0.25, 0.3) is 0 Å². The van der Waals surface area contributed by atoms with E-state index in [0.29, 0.717) is 12.8 Å². The van der Waals surface area contributed by atoms with Crippen molar-refractivity contribution in [2.75, 3.05) is 6.61 Å². The number of esters is 1. The molecule has 1 aliphatic carbocycles. The molecule has 0 saturated heterocycles. The van der Waals surface area contributed by atoms with Crippen LogP contribution in [0, 0.1) is 6.92 Å². The third-order valence-corrected chi connectivity index (χ3v) is 5.26. The number of alkyl carbamates (subject to hydrolysis) is 1. The van der Waals surface area contributed by atoms with Gasteiger partial charge in [-0.1, -0.05) is 18.9 Å². The Hall–Kier alpha value is -2.77. The molecule has 1 fully saturated rings. The first-order chi connectivity index (χ1) is 14.5. The highest BCUT2D eigenvalue weighted by molar-refractivity contribution is 5.93. The number of phenolic OH excluding ortho intramolecular Hbond substituents is 1. The van der Waals surface area contributed by atoms with Crippen LogP contribution in [-0.4, -0.2) is 46.9 Å². The summed E-state index contributed by atoms with van der Waals surface area (Å²) in [5, 5.41) is 15.2. The lowest BCUT2D eigenvalue weighted by Gasteiger charge is -2.32. The second-order valence-corrected chi connectivity index (χ2v) is 9.01. The summed E-state index contributed by atoms with van der Waals surface area (Å²) in [7, 11) is 0. The molecule has 0 spiro atoms. The molecule has 0 aliphatic heterocycles. The number of ether oxygens (including phenoxy) is 2. The van der Waals surface area contributed by atoms with Gasteiger partial charge in [-0.15, -0.1) is 0 Å². The lowest BCUT2D eigenvalue weighted by atomic mass is 9.94. The van der Waals surface area contributed by atoms with E-state index in [1.54, 1.807) is 39.8 Å². The van der Waals surface area contributed by atoms with Crippen molar-refractivity contribution in [3.05, 3.63) is 29.3 Å². The molecule has 1 aromatic carbocycles. The molecule has 0 unspecified atom stereocenters. The van der Waals surface area contributed by atoms with Crippen LogP contribution in [0.3, 0.4) is 0 Å². The summed E-state index contributed by atoms with van der Waals surface area (Å²) >= 11 is 0. The second-order valence-electron chi connectivity index (χ2n) is 9.01. The third-order valence-electron chi connectivity index (χ3n) is 5.26. The van der Waals surface area contributed by atoms with E-state index in [2.05, 4.69) is 10.6 Å². The maximum Gasteiger partial charge on any atom is 0.408 e. The fourth-order valence-corrected chi connectivity index (χ4v) is 3.75. The summed E-state index contributed by atoms with van der Waals surface area (Å²) in [5.74, 6) is -0.844. The molecule has 0 bridgehead atoms. The Morgan fingerprint density at radius 1 is 1.19 bits per heavy atom. The topological polar surface area (TPSA) is 114 Å². The van der Waals surface area contributed by atoms with Crippen molar-refractivity contribution in [1.29, 1.82) is 0 Å². The highest BCUT2D eigenvalue weighted by Crippen LogP contribution is 2.31. The van der Waals surface area contributed by atoms with Crippen LogP contribution in [0.1, 0.15) is 64.5 Å². The zero-order chi connectivity index (χ0) is 23.2. The van der Waals surface area contributed by atoms with Crippen LogP contribution in [0.5, 0.6) is 5.75 Å². The predicted octanol–water partition coefficient (Wildman–Crippen LogP) is 3.13. The fraction of sp³-hybridized carbons (Fsp3) is 0.609. The summed E-state index contributed by atoms with van der Waals surface area (Å²) in [5.41, 5.74) is -0.218. The van der Waals surface area contributed by atoms with E-state index in [0.717, 1.165) is 24.0 Å². The van der Waals surface area contributed by atoms with E-state index in [4.69, 9.17) is 9.47 Å². The van der Waals surface area contributed by atoms with Crippen molar-refractivity contribution < 1.29 is 29.0 Å².